The molecule has 1 heterocycles. The van der Waals surface area contributed by atoms with E-state index in [9.17, 15) is 4.79 Å². The maximum Gasteiger partial charge on any atom is 0.242 e. The predicted octanol–water partition coefficient (Wildman–Crippen LogP) is 5.03. The third-order valence-corrected chi connectivity index (χ3v) is 6.14. The Morgan fingerprint density at radius 3 is 2.69 bits per heavy atom. The second-order valence-electron chi connectivity index (χ2n) is 6.97. The minimum absolute atomic E-state index is 0.0841. The van der Waals surface area contributed by atoms with Gasteiger partial charge in [-0.1, -0.05) is 67.9 Å². The van der Waals surface area contributed by atoms with Crippen LogP contribution >= 0.6 is 11.8 Å². The highest BCUT2D eigenvalue weighted by molar-refractivity contribution is 8.15. The fourth-order valence-corrected chi connectivity index (χ4v) is 4.32. The zero-order valence-electron chi connectivity index (χ0n) is 17.2. The molecule has 0 N–H and O–H groups in total. The van der Waals surface area contributed by atoms with E-state index in [0.717, 1.165) is 36.1 Å². The topological polar surface area (TPSA) is 54.3 Å². The average molecular weight is 410 g/mol. The van der Waals surface area contributed by atoms with Gasteiger partial charge >= 0.3 is 0 Å². The van der Waals surface area contributed by atoms with Gasteiger partial charge in [-0.15, -0.1) is 5.10 Å². The molecule has 2 aromatic rings. The lowest BCUT2D eigenvalue weighted by Gasteiger charge is -2.17. The molecular formula is C23H27N3O2S. The highest BCUT2D eigenvalue weighted by Gasteiger charge is 2.37. The molecule has 1 fully saturated rings. The molecule has 1 aliphatic heterocycles. The summed E-state index contributed by atoms with van der Waals surface area (Å²) >= 11 is 1.52. The van der Waals surface area contributed by atoms with E-state index >= 15 is 0 Å². The second kappa shape index (κ2) is 10.3. The quantitative estimate of drug-likeness (QED) is 0.454. The van der Waals surface area contributed by atoms with Gasteiger partial charge in [0.2, 0.25) is 5.91 Å². The van der Waals surface area contributed by atoms with Crippen molar-refractivity contribution in [1.29, 1.82) is 0 Å². The van der Waals surface area contributed by atoms with Crippen molar-refractivity contribution in [3.63, 3.8) is 0 Å². The van der Waals surface area contributed by atoms with Crippen molar-refractivity contribution in [3.8, 4) is 5.75 Å². The summed E-state index contributed by atoms with van der Waals surface area (Å²) in [6, 6.07) is 15.8. The van der Waals surface area contributed by atoms with Gasteiger partial charge in [0.25, 0.3) is 0 Å². The third kappa shape index (κ3) is 5.26. The number of unbranched alkanes of at least 4 members (excludes halogenated alkanes) is 1. The lowest BCUT2D eigenvalue weighted by molar-refractivity contribution is -0.126. The molecule has 1 saturated heterocycles. The van der Waals surface area contributed by atoms with Gasteiger partial charge in [-0.2, -0.15) is 5.10 Å². The van der Waals surface area contributed by atoms with Crippen LogP contribution in [0.25, 0.3) is 0 Å². The normalized spacial score (nSPS) is 18.2. The maximum atomic E-state index is 13.0. The monoisotopic (exact) mass is 409 g/mol. The van der Waals surface area contributed by atoms with Crippen LogP contribution in [0.1, 0.15) is 42.9 Å². The van der Waals surface area contributed by atoms with Gasteiger partial charge in [0.1, 0.15) is 5.75 Å². The Hall–Kier alpha value is -2.60. The minimum Gasteiger partial charge on any atom is -0.496 e. The number of benzene rings is 2. The molecule has 0 aliphatic carbocycles. The molecule has 0 unspecified atom stereocenters. The molecule has 3 rings (SSSR count). The van der Waals surface area contributed by atoms with E-state index in [1.807, 2.05) is 36.4 Å². The third-order valence-electron chi connectivity index (χ3n) is 4.91. The molecule has 0 spiro atoms. The van der Waals surface area contributed by atoms with Crippen molar-refractivity contribution in [2.45, 2.75) is 44.9 Å². The van der Waals surface area contributed by atoms with Crippen LogP contribution < -0.4 is 4.74 Å². The van der Waals surface area contributed by atoms with Gasteiger partial charge in [0, 0.05) is 5.56 Å². The Morgan fingerprint density at radius 1 is 1.17 bits per heavy atom. The Morgan fingerprint density at radius 2 is 1.93 bits per heavy atom. The van der Waals surface area contributed by atoms with Crippen LogP contribution in [-0.2, 0) is 11.3 Å². The average Bonchev–Trinajstić information content (AvgIpc) is 3.03. The van der Waals surface area contributed by atoms with E-state index in [4.69, 9.17) is 4.74 Å². The first kappa shape index (κ1) is 21.1. The number of carbonyl (C=O) groups is 1. The first-order chi connectivity index (χ1) is 14.1. The second-order valence-corrected chi connectivity index (χ2v) is 8.14. The molecule has 1 aliphatic rings. The summed E-state index contributed by atoms with van der Waals surface area (Å²) in [6.07, 6.45) is 4.63. The molecule has 5 nitrogen and oxygen atoms in total. The molecule has 29 heavy (non-hydrogen) atoms. The number of hydrogen-bond donors (Lipinski definition) is 0. The van der Waals surface area contributed by atoms with Gasteiger partial charge in [-0.05, 0) is 36.6 Å². The number of rotatable bonds is 8. The van der Waals surface area contributed by atoms with Crippen LogP contribution in [-0.4, -0.2) is 34.5 Å². The fourth-order valence-electron chi connectivity index (χ4n) is 3.18. The number of nitrogens with zero attached hydrogens (tertiary/aromatic N) is 3. The Balaban J connectivity index is 1.84. The Kier molecular flexibility index (Phi) is 7.47. The highest BCUT2D eigenvalue weighted by atomic mass is 32.2. The van der Waals surface area contributed by atoms with Gasteiger partial charge < -0.3 is 4.74 Å². The van der Waals surface area contributed by atoms with Crippen LogP contribution in [0.15, 0.2) is 58.7 Å². The molecule has 1 amide bonds. The lowest BCUT2D eigenvalue weighted by Crippen LogP contribution is -2.31. The molecule has 0 saturated carbocycles. The fraction of sp³-hybridized carbons (Fsp3) is 0.348. The van der Waals surface area contributed by atoms with Gasteiger partial charge in [-0.25, -0.2) is 0 Å². The first-order valence-corrected chi connectivity index (χ1v) is 10.8. The summed E-state index contributed by atoms with van der Waals surface area (Å²) in [7, 11) is 1.63. The van der Waals surface area contributed by atoms with Gasteiger partial charge in [-0.3, -0.25) is 9.69 Å². The van der Waals surface area contributed by atoms with Crippen LogP contribution in [0.2, 0.25) is 0 Å². The van der Waals surface area contributed by atoms with Crippen LogP contribution in [0.3, 0.4) is 0 Å². The number of carbonyl (C=O) groups excluding carboxylic acids is 1. The smallest absolute Gasteiger partial charge is 0.242 e. The molecule has 0 radical (unpaired) electrons. The number of aryl methyl sites for hydroxylation is 1. The minimum atomic E-state index is -0.0841. The maximum absolute atomic E-state index is 13.0. The number of hydrogen-bond acceptors (Lipinski definition) is 5. The number of methoxy groups -OCH3 is 1. The zero-order valence-corrected chi connectivity index (χ0v) is 18.0. The van der Waals surface area contributed by atoms with E-state index in [1.54, 1.807) is 18.2 Å². The first-order valence-electron chi connectivity index (χ1n) is 9.90. The predicted molar refractivity (Wildman–Crippen MR) is 121 cm³/mol. The number of amidine groups is 1. The van der Waals surface area contributed by atoms with Crippen molar-refractivity contribution in [2.24, 2.45) is 10.2 Å². The van der Waals surface area contributed by atoms with E-state index in [1.165, 1.54) is 17.3 Å². The molecule has 152 valence electrons. The largest absolute Gasteiger partial charge is 0.496 e. The van der Waals surface area contributed by atoms with Crippen molar-refractivity contribution in [3.05, 3.63) is 65.2 Å². The summed E-state index contributed by atoms with van der Waals surface area (Å²) in [5.41, 5.74) is 3.14. The summed E-state index contributed by atoms with van der Waals surface area (Å²) < 4.78 is 5.35. The van der Waals surface area contributed by atoms with E-state index in [-0.39, 0.29) is 11.2 Å². The summed E-state index contributed by atoms with van der Waals surface area (Å²) in [5.74, 6) is 0.863. The molecule has 0 aromatic heterocycles. The van der Waals surface area contributed by atoms with E-state index in [0.29, 0.717) is 11.7 Å². The molecule has 6 heteroatoms. The molecule has 1 atom stereocenters. The number of amides is 1. The van der Waals surface area contributed by atoms with Crippen LogP contribution in [0.4, 0.5) is 0 Å². The molecule has 2 aromatic carbocycles. The van der Waals surface area contributed by atoms with Crippen LogP contribution in [0.5, 0.6) is 5.75 Å². The number of thioether (sulfide) groups is 1. The van der Waals surface area contributed by atoms with Gasteiger partial charge in [0.05, 0.1) is 25.1 Å². The van der Waals surface area contributed by atoms with E-state index < -0.39 is 0 Å². The zero-order chi connectivity index (χ0) is 20.6. The molecular weight excluding hydrogens is 382 g/mol. The van der Waals surface area contributed by atoms with Gasteiger partial charge in [0.15, 0.2) is 5.17 Å². The Bertz CT molecular complexity index is 911. The lowest BCUT2D eigenvalue weighted by atomic mass is 10.1. The highest BCUT2D eigenvalue weighted by Crippen LogP contribution is 2.32. The number of para-hydroxylation sites is 1. The standard InChI is InChI=1S/C23H27N3O2S/c1-4-5-14-21-22(27)26(16-19-12-7-6-10-17(19)2)23(29-21)25-24-15-18-11-8-9-13-20(18)28-3/h6-13,15,21H,4-5,14,16H2,1-3H3/b24-15-,25-23+/t21-/m1/s1. The van der Waals surface area contributed by atoms with Crippen LogP contribution in [0, 0.1) is 6.92 Å². The summed E-state index contributed by atoms with van der Waals surface area (Å²) in [5, 5.41) is 9.25. The number of ether oxygens (including phenoxy) is 1. The summed E-state index contributed by atoms with van der Waals surface area (Å²) in [6.45, 7) is 4.72. The van der Waals surface area contributed by atoms with E-state index in [2.05, 4.69) is 36.2 Å². The van der Waals surface area contributed by atoms with Crippen molar-refractivity contribution >= 4 is 29.1 Å². The molecule has 0 bridgehead atoms. The van der Waals surface area contributed by atoms with Crippen molar-refractivity contribution in [1.82, 2.24) is 4.90 Å². The SMILES string of the molecule is CCCC[C@H]1S/C(=N/N=C\c2ccccc2OC)N(Cc2ccccc2C)C1=O. The van der Waals surface area contributed by atoms with Crippen molar-refractivity contribution in [2.75, 3.05) is 7.11 Å². The van der Waals surface area contributed by atoms with Crippen molar-refractivity contribution < 1.29 is 9.53 Å². The Labute approximate surface area is 176 Å². The summed E-state index contributed by atoms with van der Waals surface area (Å²) in [4.78, 5) is 14.8.